The molecule has 0 saturated carbocycles. The van der Waals surface area contributed by atoms with Crippen molar-refractivity contribution in [3.63, 3.8) is 0 Å². The van der Waals surface area contributed by atoms with Crippen LogP contribution in [0, 0.1) is 0 Å². The Hall–Kier alpha value is -2.15. The molecule has 0 bridgehead atoms. The fourth-order valence-corrected chi connectivity index (χ4v) is 3.70. The maximum atomic E-state index is 5.50. The number of likely N-dealkylation sites (tertiary alicyclic amines) is 1. The van der Waals surface area contributed by atoms with Crippen LogP contribution in [-0.2, 0) is 6.54 Å². The number of piperidine rings is 1. The van der Waals surface area contributed by atoms with Crippen LogP contribution in [-0.4, -0.2) is 64.4 Å². The first kappa shape index (κ1) is 23.1. The van der Waals surface area contributed by atoms with Crippen molar-refractivity contribution in [2.24, 2.45) is 4.99 Å². The van der Waals surface area contributed by atoms with Crippen molar-refractivity contribution in [3.05, 3.63) is 17.7 Å². The van der Waals surface area contributed by atoms with Crippen molar-refractivity contribution in [2.75, 3.05) is 47.5 Å². The second-order valence-electron chi connectivity index (χ2n) is 7.38. The van der Waals surface area contributed by atoms with Crippen molar-refractivity contribution in [1.29, 1.82) is 0 Å². The summed E-state index contributed by atoms with van der Waals surface area (Å²) in [5, 5.41) is 6.77. The third-order valence-electron chi connectivity index (χ3n) is 5.39. The van der Waals surface area contributed by atoms with E-state index in [1.54, 1.807) is 21.3 Å². The minimum Gasteiger partial charge on any atom is -0.496 e. The molecular formula is C22H38N4O3. The summed E-state index contributed by atoms with van der Waals surface area (Å²) in [6.45, 7) is 8.99. The topological polar surface area (TPSA) is 67.4 Å². The predicted molar refractivity (Wildman–Crippen MR) is 118 cm³/mol. The monoisotopic (exact) mass is 406 g/mol. The number of ether oxygens (including phenoxy) is 3. The van der Waals surface area contributed by atoms with Gasteiger partial charge in [0.1, 0.15) is 5.75 Å². The van der Waals surface area contributed by atoms with Gasteiger partial charge in [0, 0.05) is 37.3 Å². The van der Waals surface area contributed by atoms with Crippen LogP contribution in [0.2, 0.25) is 0 Å². The van der Waals surface area contributed by atoms with Crippen LogP contribution in [0.1, 0.15) is 45.1 Å². The molecule has 1 saturated heterocycles. The van der Waals surface area contributed by atoms with Crippen LogP contribution in [0.15, 0.2) is 17.1 Å². The highest BCUT2D eigenvalue weighted by molar-refractivity contribution is 5.79. The van der Waals surface area contributed by atoms with Crippen molar-refractivity contribution in [2.45, 2.75) is 52.1 Å². The molecule has 1 aliphatic heterocycles. The van der Waals surface area contributed by atoms with Gasteiger partial charge in [0.25, 0.3) is 0 Å². The smallest absolute Gasteiger partial charge is 0.191 e. The van der Waals surface area contributed by atoms with Gasteiger partial charge < -0.3 is 29.7 Å². The van der Waals surface area contributed by atoms with Crippen molar-refractivity contribution < 1.29 is 14.2 Å². The average molecular weight is 407 g/mol. The molecule has 1 heterocycles. The maximum absolute atomic E-state index is 5.50. The lowest BCUT2D eigenvalue weighted by molar-refractivity contribution is 0.159. The lowest BCUT2D eigenvalue weighted by Crippen LogP contribution is -2.41. The molecule has 2 rings (SSSR count). The van der Waals surface area contributed by atoms with Gasteiger partial charge in [-0.3, -0.25) is 0 Å². The molecule has 1 aromatic rings. The molecule has 1 aliphatic rings. The molecule has 0 spiro atoms. The van der Waals surface area contributed by atoms with Gasteiger partial charge in [0.2, 0.25) is 0 Å². The third kappa shape index (κ3) is 6.99. The summed E-state index contributed by atoms with van der Waals surface area (Å²) in [4.78, 5) is 7.33. The Kier molecular flexibility index (Phi) is 9.91. The van der Waals surface area contributed by atoms with Gasteiger partial charge in [-0.1, -0.05) is 6.42 Å². The molecule has 7 nitrogen and oxygen atoms in total. The molecule has 2 N–H and O–H groups in total. The fourth-order valence-electron chi connectivity index (χ4n) is 3.70. The molecule has 1 atom stereocenters. The molecule has 0 radical (unpaired) electrons. The maximum Gasteiger partial charge on any atom is 0.191 e. The van der Waals surface area contributed by atoms with Crippen molar-refractivity contribution in [3.8, 4) is 17.2 Å². The molecule has 1 aromatic carbocycles. The zero-order chi connectivity index (χ0) is 21.1. The summed E-state index contributed by atoms with van der Waals surface area (Å²) in [5.74, 6) is 2.87. The van der Waals surface area contributed by atoms with E-state index in [1.807, 2.05) is 12.1 Å². The van der Waals surface area contributed by atoms with E-state index in [2.05, 4.69) is 29.4 Å². The number of hydrogen-bond donors (Lipinski definition) is 2. The van der Waals surface area contributed by atoms with Crippen LogP contribution in [0.25, 0.3) is 0 Å². The summed E-state index contributed by atoms with van der Waals surface area (Å²) in [5.41, 5.74) is 0.949. The van der Waals surface area contributed by atoms with E-state index in [-0.39, 0.29) is 0 Å². The Labute approximate surface area is 175 Å². The highest BCUT2D eigenvalue weighted by atomic mass is 16.5. The molecule has 1 fully saturated rings. The summed E-state index contributed by atoms with van der Waals surface area (Å²) >= 11 is 0. The second-order valence-corrected chi connectivity index (χ2v) is 7.38. The summed E-state index contributed by atoms with van der Waals surface area (Å²) < 4.78 is 16.3. The van der Waals surface area contributed by atoms with Gasteiger partial charge >= 0.3 is 0 Å². The van der Waals surface area contributed by atoms with E-state index in [9.17, 15) is 0 Å². The first-order chi connectivity index (χ1) is 14.1. The fraction of sp³-hybridized carbons (Fsp3) is 0.682. The number of guanidine groups is 1. The van der Waals surface area contributed by atoms with E-state index < -0.39 is 0 Å². The largest absolute Gasteiger partial charge is 0.496 e. The van der Waals surface area contributed by atoms with Gasteiger partial charge in [-0.2, -0.15) is 0 Å². The van der Waals surface area contributed by atoms with Crippen LogP contribution in [0.3, 0.4) is 0 Å². The minimum atomic E-state index is 0.488. The molecule has 7 heteroatoms. The molecule has 0 aromatic heterocycles. The number of nitrogens with one attached hydrogen (secondary N) is 2. The standard InChI is InChI=1S/C22H38N4O3/c1-6-23-22(24-11-9-13-26-12-8-7-10-17(26)2)25-16-18-14-20(28-4)21(29-5)15-19(18)27-3/h14-15,17H,6-13,16H2,1-5H3,(H2,23,24,25). The SMILES string of the molecule is CCNC(=NCc1cc(OC)c(OC)cc1OC)NCCCN1CCCCC1C. The summed E-state index contributed by atoms with van der Waals surface area (Å²) in [6.07, 6.45) is 5.13. The van der Waals surface area contributed by atoms with Crippen LogP contribution in [0.4, 0.5) is 0 Å². The van der Waals surface area contributed by atoms with Gasteiger partial charge in [-0.15, -0.1) is 0 Å². The summed E-state index contributed by atoms with van der Waals surface area (Å²) in [6, 6.07) is 4.47. The Morgan fingerprint density at radius 2 is 1.79 bits per heavy atom. The molecule has 1 unspecified atom stereocenters. The van der Waals surface area contributed by atoms with Gasteiger partial charge in [-0.05, 0) is 45.7 Å². The Morgan fingerprint density at radius 3 is 2.45 bits per heavy atom. The molecule has 0 amide bonds. The van der Waals surface area contributed by atoms with E-state index in [0.29, 0.717) is 24.1 Å². The zero-order valence-electron chi connectivity index (χ0n) is 18.7. The lowest BCUT2D eigenvalue weighted by Gasteiger charge is -2.33. The predicted octanol–water partition coefficient (Wildman–Crippen LogP) is 3.03. The minimum absolute atomic E-state index is 0.488. The highest BCUT2D eigenvalue weighted by Gasteiger charge is 2.17. The van der Waals surface area contributed by atoms with Crippen LogP contribution in [0.5, 0.6) is 17.2 Å². The number of nitrogens with zero attached hydrogens (tertiary/aromatic N) is 2. The molecule has 164 valence electrons. The quantitative estimate of drug-likeness (QED) is 0.354. The third-order valence-corrected chi connectivity index (χ3v) is 5.39. The normalized spacial score (nSPS) is 17.7. The van der Waals surface area contributed by atoms with E-state index in [1.165, 1.54) is 25.8 Å². The highest BCUT2D eigenvalue weighted by Crippen LogP contribution is 2.34. The number of aliphatic imine (C=N–C) groups is 1. The van der Waals surface area contributed by atoms with Gasteiger partial charge in [-0.25, -0.2) is 4.99 Å². The van der Waals surface area contributed by atoms with Crippen LogP contribution < -0.4 is 24.8 Å². The van der Waals surface area contributed by atoms with E-state index >= 15 is 0 Å². The van der Waals surface area contributed by atoms with E-state index in [0.717, 1.165) is 43.3 Å². The lowest BCUT2D eigenvalue weighted by atomic mass is 10.0. The first-order valence-corrected chi connectivity index (χ1v) is 10.7. The Morgan fingerprint density at radius 1 is 1.07 bits per heavy atom. The Bertz CT molecular complexity index is 651. The van der Waals surface area contributed by atoms with E-state index in [4.69, 9.17) is 19.2 Å². The van der Waals surface area contributed by atoms with Crippen LogP contribution >= 0.6 is 0 Å². The average Bonchev–Trinajstić information content (AvgIpc) is 2.75. The molecule has 0 aliphatic carbocycles. The number of hydrogen-bond acceptors (Lipinski definition) is 5. The zero-order valence-corrected chi connectivity index (χ0v) is 18.7. The van der Waals surface area contributed by atoms with Gasteiger partial charge in [0.05, 0.1) is 27.9 Å². The summed E-state index contributed by atoms with van der Waals surface area (Å²) in [7, 11) is 4.90. The van der Waals surface area contributed by atoms with Crippen molar-refractivity contribution in [1.82, 2.24) is 15.5 Å². The van der Waals surface area contributed by atoms with Gasteiger partial charge in [0.15, 0.2) is 17.5 Å². The molecular weight excluding hydrogens is 368 g/mol. The second kappa shape index (κ2) is 12.4. The van der Waals surface area contributed by atoms with Crippen molar-refractivity contribution >= 4 is 5.96 Å². The number of rotatable bonds is 10. The molecule has 29 heavy (non-hydrogen) atoms. The Balaban J connectivity index is 1.94. The number of benzene rings is 1. The first-order valence-electron chi connectivity index (χ1n) is 10.7. The number of methoxy groups -OCH3 is 3.